The largest absolute Gasteiger partial charge is 0.481 e. The van der Waals surface area contributed by atoms with Crippen molar-refractivity contribution in [2.75, 3.05) is 0 Å². The van der Waals surface area contributed by atoms with E-state index in [9.17, 15) is 14.4 Å². The summed E-state index contributed by atoms with van der Waals surface area (Å²) in [6.07, 6.45) is 3.80. The summed E-state index contributed by atoms with van der Waals surface area (Å²) in [7, 11) is 1.69. The van der Waals surface area contributed by atoms with Crippen LogP contribution in [0.15, 0.2) is 12.3 Å². The van der Waals surface area contributed by atoms with Gasteiger partial charge in [0.15, 0.2) is 5.78 Å². The van der Waals surface area contributed by atoms with E-state index in [1.54, 1.807) is 17.8 Å². The molecule has 0 aliphatic heterocycles. The van der Waals surface area contributed by atoms with Crippen LogP contribution in [0.2, 0.25) is 0 Å². The molecule has 108 valence electrons. The smallest absolute Gasteiger partial charge is 0.305 e. The van der Waals surface area contributed by atoms with Gasteiger partial charge in [0.2, 0.25) is 0 Å². The number of ketones is 1. The van der Waals surface area contributed by atoms with E-state index in [0.29, 0.717) is 24.1 Å². The lowest BCUT2D eigenvalue weighted by Crippen LogP contribution is -2.54. The number of carboxylic acids is 1. The molecule has 0 spiro atoms. The summed E-state index contributed by atoms with van der Waals surface area (Å²) < 4.78 is 1.58. The van der Waals surface area contributed by atoms with Crippen LogP contribution in [0, 0.1) is 0 Å². The number of hydrogen-bond acceptors (Lipinski definition) is 3. The SMILES string of the molecule is CC(=O)c1cc(C(=O)NC2(CC(=O)O)CCC2)n(C)c1. The van der Waals surface area contributed by atoms with Crippen molar-refractivity contribution in [3.05, 3.63) is 23.5 Å². The van der Waals surface area contributed by atoms with Gasteiger partial charge in [-0.05, 0) is 32.3 Å². The van der Waals surface area contributed by atoms with Gasteiger partial charge in [-0.3, -0.25) is 14.4 Å². The lowest BCUT2D eigenvalue weighted by molar-refractivity contribution is -0.139. The Morgan fingerprint density at radius 2 is 2.05 bits per heavy atom. The van der Waals surface area contributed by atoms with Crippen LogP contribution < -0.4 is 5.32 Å². The highest BCUT2D eigenvalue weighted by Gasteiger charge is 2.40. The molecular formula is C14H18N2O4. The number of amides is 1. The van der Waals surface area contributed by atoms with Crippen molar-refractivity contribution >= 4 is 17.7 Å². The van der Waals surface area contributed by atoms with E-state index in [2.05, 4.69) is 5.32 Å². The molecule has 1 aromatic rings. The highest BCUT2D eigenvalue weighted by molar-refractivity contribution is 5.99. The fourth-order valence-corrected chi connectivity index (χ4v) is 2.53. The number of carbonyl (C=O) groups excluding carboxylic acids is 2. The average molecular weight is 278 g/mol. The maximum Gasteiger partial charge on any atom is 0.305 e. The fourth-order valence-electron chi connectivity index (χ4n) is 2.53. The number of aryl methyl sites for hydroxylation is 1. The highest BCUT2D eigenvalue weighted by Crippen LogP contribution is 2.35. The first-order valence-corrected chi connectivity index (χ1v) is 6.55. The molecule has 0 unspecified atom stereocenters. The molecular weight excluding hydrogens is 260 g/mol. The number of nitrogens with zero attached hydrogens (tertiary/aromatic N) is 1. The van der Waals surface area contributed by atoms with Crippen molar-refractivity contribution in [1.29, 1.82) is 0 Å². The van der Waals surface area contributed by atoms with Crippen LogP contribution in [0.25, 0.3) is 0 Å². The van der Waals surface area contributed by atoms with E-state index < -0.39 is 11.5 Å². The average Bonchev–Trinajstić information content (AvgIpc) is 2.68. The van der Waals surface area contributed by atoms with Gasteiger partial charge in [-0.1, -0.05) is 0 Å². The molecule has 0 aromatic carbocycles. The van der Waals surface area contributed by atoms with Gasteiger partial charge in [0.05, 0.1) is 12.0 Å². The maximum absolute atomic E-state index is 12.3. The zero-order chi connectivity index (χ0) is 14.9. The van der Waals surface area contributed by atoms with Gasteiger partial charge in [-0.15, -0.1) is 0 Å². The third-order valence-electron chi connectivity index (χ3n) is 3.82. The van der Waals surface area contributed by atoms with E-state index >= 15 is 0 Å². The second-order valence-corrected chi connectivity index (χ2v) is 5.44. The normalized spacial score (nSPS) is 16.3. The molecule has 6 heteroatoms. The van der Waals surface area contributed by atoms with Crippen LogP contribution in [0.5, 0.6) is 0 Å². The minimum Gasteiger partial charge on any atom is -0.481 e. The van der Waals surface area contributed by atoms with Gasteiger partial charge >= 0.3 is 5.97 Å². The number of aliphatic carboxylic acids is 1. The number of carboxylic acid groups (broad SMARTS) is 1. The Morgan fingerprint density at radius 1 is 1.40 bits per heavy atom. The molecule has 1 aliphatic carbocycles. The van der Waals surface area contributed by atoms with Crippen molar-refractivity contribution in [2.45, 2.75) is 38.1 Å². The number of carbonyl (C=O) groups is 3. The summed E-state index contributed by atoms with van der Waals surface area (Å²) in [5.41, 5.74) is 0.203. The summed E-state index contributed by atoms with van der Waals surface area (Å²) in [5.74, 6) is -1.36. The Kier molecular flexibility index (Phi) is 3.65. The van der Waals surface area contributed by atoms with Crippen molar-refractivity contribution in [1.82, 2.24) is 9.88 Å². The van der Waals surface area contributed by atoms with E-state index in [4.69, 9.17) is 5.11 Å². The Bertz CT molecular complexity index is 570. The zero-order valence-corrected chi connectivity index (χ0v) is 11.6. The molecule has 6 nitrogen and oxygen atoms in total. The molecule has 0 radical (unpaired) electrons. The Labute approximate surface area is 116 Å². The predicted octanol–water partition coefficient (Wildman–Crippen LogP) is 1.35. The molecule has 2 N–H and O–H groups in total. The lowest BCUT2D eigenvalue weighted by atomic mass is 9.74. The number of hydrogen-bond donors (Lipinski definition) is 2. The third kappa shape index (κ3) is 2.74. The monoisotopic (exact) mass is 278 g/mol. The second-order valence-electron chi connectivity index (χ2n) is 5.44. The summed E-state index contributed by atoms with van der Waals surface area (Å²) in [5, 5.41) is 11.7. The summed E-state index contributed by atoms with van der Waals surface area (Å²) in [6.45, 7) is 1.44. The minimum absolute atomic E-state index is 0.0667. The summed E-state index contributed by atoms with van der Waals surface area (Å²) >= 11 is 0. The van der Waals surface area contributed by atoms with Crippen molar-refractivity contribution in [3.63, 3.8) is 0 Å². The van der Waals surface area contributed by atoms with Gasteiger partial charge in [-0.2, -0.15) is 0 Å². The van der Waals surface area contributed by atoms with Crippen LogP contribution in [0.1, 0.15) is 53.5 Å². The quantitative estimate of drug-likeness (QED) is 0.796. The van der Waals surface area contributed by atoms with E-state index in [1.165, 1.54) is 13.0 Å². The molecule has 1 amide bonds. The topological polar surface area (TPSA) is 88.4 Å². The van der Waals surface area contributed by atoms with E-state index in [0.717, 1.165) is 6.42 Å². The number of Topliss-reactive ketones (excluding diaryl/α,β-unsaturated/α-hetero) is 1. The summed E-state index contributed by atoms with van der Waals surface area (Å²) in [6, 6.07) is 1.53. The van der Waals surface area contributed by atoms with Crippen LogP contribution in [0.4, 0.5) is 0 Å². The molecule has 0 saturated heterocycles. The number of nitrogens with one attached hydrogen (secondary N) is 1. The van der Waals surface area contributed by atoms with E-state index in [-0.39, 0.29) is 18.1 Å². The van der Waals surface area contributed by atoms with Gasteiger partial charge in [-0.25, -0.2) is 0 Å². The molecule has 1 fully saturated rings. The number of aromatic nitrogens is 1. The number of rotatable bonds is 5. The fraction of sp³-hybridized carbons (Fsp3) is 0.500. The standard InChI is InChI=1S/C14H18N2O4/c1-9(17)10-6-11(16(2)8-10)13(20)15-14(4-3-5-14)7-12(18)19/h6,8H,3-5,7H2,1-2H3,(H,15,20)(H,18,19). The first-order valence-electron chi connectivity index (χ1n) is 6.55. The third-order valence-corrected chi connectivity index (χ3v) is 3.82. The van der Waals surface area contributed by atoms with Crippen LogP contribution in [-0.2, 0) is 11.8 Å². The first kappa shape index (κ1) is 14.3. The van der Waals surface area contributed by atoms with Crippen molar-refractivity contribution in [2.24, 2.45) is 7.05 Å². The van der Waals surface area contributed by atoms with Crippen molar-refractivity contribution in [3.8, 4) is 0 Å². The molecule has 0 atom stereocenters. The van der Waals surface area contributed by atoms with Gasteiger partial charge in [0.25, 0.3) is 5.91 Å². The molecule has 1 heterocycles. The van der Waals surface area contributed by atoms with Crippen LogP contribution in [0.3, 0.4) is 0 Å². The van der Waals surface area contributed by atoms with Gasteiger partial charge < -0.3 is 15.0 Å². The minimum atomic E-state index is -0.915. The Balaban J connectivity index is 2.15. The second kappa shape index (κ2) is 5.11. The Hall–Kier alpha value is -2.11. The van der Waals surface area contributed by atoms with Crippen LogP contribution >= 0.6 is 0 Å². The van der Waals surface area contributed by atoms with Gasteiger partial charge in [0.1, 0.15) is 5.69 Å². The first-order chi connectivity index (χ1) is 9.33. The highest BCUT2D eigenvalue weighted by atomic mass is 16.4. The van der Waals surface area contributed by atoms with Crippen molar-refractivity contribution < 1.29 is 19.5 Å². The molecule has 2 rings (SSSR count). The molecule has 1 aliphatic rings. The van der Waals surface area contributed by atoms with Gasteiger partial charge in [0, 0.05) is 18.8 Å². The van der Waals surface area contributed by atoms with Crippen LogP contribution in [-0.4, -0.2) is 32.9 Å². The Morgan fingerprint density at radius 3 is 2.45 bits per heavy atom. The molecule has 1 saturated carbocycles. The molecule has 0 bridgehead atoms. The summed E-state index contributed by atoms with van der Waals surface area (Å²) in [4.78, 5) is 34.4. The zero-order valence-electron chi connectivity index (χ0n) is 11.6. The molecule has 1 aromatic heterocycles. The molecule has 20 heavy (non-hydrogen) atoms. The maximum atomic E-state index is 12.3. The predicted molar refractivity (Wildman–Crippen MR) is 71.7 cm³/mol. The van der Waals surface area contributed by atoms with E-state index in [1.807, 2.05) is 0 Å². The lowest BCUT2D eigenvalue weighted by Gasteiger charge is -2.41.